The first-order chi connectivity index (χ1) is 13.7. The summed E-state index contributed by atoms with van der Waals surface area (Å²) in [7, 11) is 0. The second-order valence-electron chi connectivity index (χ2n) is 7.00. The number of rotatable bonds is 7. The summed E-state index contributed by atoms with van der Waals surface area (Å²) in [6.07, 6.45) is 2.68. The van der Waals surface area contributed by atoms with Crippen LogP contribution in [0.3, 0.4) is 0 Å². The van der Waals surface area contributed by atoms with Crippen LogP contribution in [0.25, 0.3) is 11.1 Å². The Hall–Kier alpha value is -3.34. The number of carbonyl (C=O) groups excluding carboxylic acids is 1. The summed E-state index contributed by atoms with van der Waals surface area (Å²) in [5.74, 6) is 3.15. The Morgan fingerprint density at radius 2 is 1.89 bits per heavy atom. The summed E-state index contributed by atoms with van der Waals surface area (Å²) in [6.45, 7) is 2.08. The fourth-order valence-electron chi connectivity index (χ4n) is 3.15. The van der Waals surface area contributed by atoms with E-state index in [4.69, 9.17) is 9.15 Å². The average molecular weight is 374 g/mol. The maximum atomic E-state index is 12.0. The van der Waals surface area contributed by atoms with Crippen LogP contribution in [0.2, 0.25) is 0 Å². The molecule has 5 heteroatoms. The van der Waals surface area contributed by atoms with Crippen LogP contribution in [0.4, 0.5) is 0 Å². The SMILES string of the molecule is C[C@H]1C[C@H]1c1ccc(/C=N\NC(=O)COc2ccccc2-c2ccccc2)o1. The summed E-state index contributed by atoms with van der Waals surface area (Å²) in [6, 6.07) is 21.4. The molecule has 0 saturated heterocycles. The maximum Gasteiger partial charge on any atom is 0.277 e. The minimum Gasteiger partial charge on any atom is -0.483 e. The Bertz CT molecular complexity index is 978. The van der Waals surface area contributed by atoms with Crippen LogP contribution in [0.15, 0.2) is 76.2 Å². The summed E-state index contributed by atoms with van der Waals surface area (Å²) in [5, 5.41) is 3.95. The Kier molecular flexibility index (Phi) is 5.24. The number of carbonyl (C=O) groups is 1. The molecule has 1 fully saturated rings. The number of benzene rings is 2. The van der Waals surface area contributed by atoms with E-state index in [0.717, 1.165) is 16.9 Å². The largest absolute Gasteiger partial charge is 0.483 e. The van der Waals surface area contributed by atoms with Gasteiger partial charge in [-0.25, -0.2) is 5.43 Å². The summed E-state index contributed by atoms with van der Waals surface area (Å²) >= 11 is 0. The molecule has 1 aliphatic carbocycles. The third-order valence-corrected chi connectivity index (χ3v) is 4.83. The van der Waals surface area contributed by atoms with Crippen LogP contribution in [0.5, 0.6) is 5.75 Å². The molecule has 0 spiro atoms. The molecule has 0 radical (unpaired) electrons. The van der Waals surface area contributed by atoms with Crippen LogP contribution >= 0.6 is 0 Å². The van der Waals surface area contributed by atoms with Crippen molar-refractivity contribution in [3.05, 3.63) is 78.3 Å². The molecule has 3 aromatic rings. The van der Waals surface area contributed by atoms with Crippen molar-refractivity contribution in [1.29, 1.82) is 0 Å². The number of hydrazone groups is 1. The number of furan rings is 1. The van der Waals surface area contributed by atoms with Crippen LogP contribution in [-0.2, 0) is 4.79 Å². The van der Waals surface area contributed by atoms with Gasteiger partial charge in [-0.15, -0.1) is 0 Å². The zero-order valence-electron chi connectivity index (χ0n) is 15.7. The second-order valence-corrected chi connectivity index (χ2v) is 7.00. The normalized spacial score (nSPS) is 18.2. The van der Waals surface area contributed by atoms with Gasteiger partial charge < -0.3 is 9.15 Å². The highest BCUT2D eigenvalue weighted by Gasteiger charge is 2.36. The van der Waals surface area contributed by atoms with Crippen molar-refractivity contribution in [2.24, 2.45) is 11.0 Å². The smallest absolute Gasteiger partial charge is 0.277 e. The molecular formula is C23H22N2O3. The molecule has 2 atom stereocenters. The summed E-state index contributed by atoms with van der Waals surface area (Å²) in [5.41, 5.74) is 4.45. The molecule has 5 nitrogen and oxygen atoms in total. The lowest BCUT2D eigenvalue weighted by molar-refractivity contribution is -0.123. The number of hydrogen-bond donors (Lipinski definition) is 1. The number of hydrogen-bond acceptors (Lipinski definition) is 4. The van der Waals surface area contributed by atoms with Gasteiger partial charge >= 0.3 is 0 Å². The van der Waals surface area contributed by atoms with Gasteiger partial charge in [0, 0.05) is 11.5 Å². The van der Waals surface area contributed by atoms with E-state index in [1.807, 2.05) is 66.7 Å². The van der Waals surface area contributed by atoms with E-state index in [0.29, 0.717) is 23.3 Å². The van der Waals surface area contributed by atoms with Gasteiger partial charge in [0.2, 0.25) is 0 Å². The number of ether oxygens (including phenoxy) is 1. The van der Waals surface area contributed by atoms with Crippen molar-refractivity contribution in [1.82, 2.24) is 5.43 Å². The van der Waals surface area contributed by atoms with Crippen molar-refractivity contribution in [2.75, 3.05) is 6.61 Å². The zero-order valence-corrected chi connectivity index (χ0v) is 15.7. The third kappa shape index (κ3) is 4.31. The first kappa shape index (κ1) is 18.0. The molecule has 1 heterocycles. The van der Waals surface area contributed by atoms with E-state index in [1.165, 1.54) is 12.6 Å². The van der Waals surface area contributed by atoms with E-state index >= 15 is 0 Å². The fraction of sp³-hybridized carbons (Fsp3) is 0.217. The lowest BCUT2D eigenvalue weighted by Gasteiger charge is -2.10. The molecule has 28 heavy (non-hydrogen) atoms. The fourth-order valence-corrected chi connectivity index (χ4v) is 3.15. The number of nitrogens with zero attached hydrogens (tertiary/aromatic N) is 1. The molecule has 1 saturated carbocycles. The Morgan fingerprint density at radius 1 is 1.14 bits per heavy atom. The van der Waals surface area contributed by atoms with Gasteiger partial charge in [-0.3, -0.25) is 4.79 Å². The molecule has 1 N–H and O–H groups in total. The van der Waals surface area contributed by atoms with E-state index < -0.39 is 0 Å². The number of nitrogens with one attached hydrogen (secondary N) is 1. The quantitative estimate of drug-likeness (QED) is 0.486. The van der Waals surface area contributed by atoms with Crippen molar-refractivity contribution < 1.29 is 13.9 Å². The second kappa shape index (κ2) is 8.13. The Morgan fingerprint density at radius 3 is 2.68 bits per heavy atom. The highest BCUT2D eigenvalue weighted by molar-refractivity contribution is 5.81. The molecular weight excluding hydrogens is 352 g/mol. The molecule has 0 aliphatic heterocycles. The van der Waals surface area contributed by atoms with E-state index in [1.54, 1.807) is 0 Å². The average Bonchev–Trinajstić information content (AvgIpc) is 3.27. The minimum atomic E-state index is -0.332. The molecule has 1 aliphatic rings. The van der Waals surface area contributed by atoms with Crippen LogP contribution < -0.4 is 10.2 Å². The van der Waals surface area contributed by atoms with Gasteiger partial charge in [0.05, 0.1) is 6.21 Å². The van der Waals surface area contributed by atoms with Gasteiger partial charge in [0.1, 0.15) is 17.3 Å². The van der Waals surface area contributed by atoms with Crippen molar-refractivity contribution in [3.8, 4) is 16.9 Å². The standard InChI is InChI=1S/C23H22N2O3/c1-16-13-20(16)22-12-11-18(28-22)14-24-25-23(26)15-27-21-10-6-5-9-19(21)17-7-3-2-4-8-17/h2-12,14,16,20H,13,15H2,1H3,(H,25,26)/b24-14-/t16-,20+/m0/s1. The van der Waals surface area contributed by atoms with E-state index in [-0.39, 0.29) is 12.5 Å². The van der Waals surface area contributed by atoms with Crippen LogP contribution in [-0.4, -0.2) is 18.7 Å². The highest BCUT2D eigenvalue weighted by Crippen LogP contribution is 2.47. The molecule has 0 bridgehead atoms. The minimum absolute atomic E-state index is 0.121. The van der Waals surface area contributed by atoms with Crippen molar-refractivity contribution in [2.45, 2.75) is 19.3 Å². The Labute approximate surface area is 164 Å². The molecule has 1 aromatic heterocycles. The lowest BCUT2D eigenvalue weighted by Crippen LogP contribution is -2.24. The molecule has 4 rings (SSSR count). The van der Waals surface area contributed by atoms with Crippen LogP contribution in [0, 0.1) is 5.92 Å². The Balaban J connectivity index is 1.31. The summed E-state index contributed by atoms with van der Waals surface area (Å²) in [4.78, 5) is 12.0. The molecule has 142 valence electrons. The van der Waals surface area contributed by atoms with Gasteiger partial charge in [0.25, 0.3) is 5.91 Å². The van der Waals surface area contributed by atoms with E-state index in [2.05, 4.69) is 17.5 Å². The number of amides is 1. The van der Waals surface area contributed by atoms with Gasteiger partial charge in [-0.05, 0) is 36.1 Å². The van der Waals surface area contributed by atoms with Gasteiger partial charge in [0.15, 0.2) is 6.61 Å². The van der Waals surface area contributed by atoms with Crippen LogP contribution in [0.1, 0.15) is 30.8 Å². The topological polar surface area (TPSA) is 63.8 Å². The molecule has 2 aromatic carbocycles. The van der Waals surface area contributed by atoms with Crippen molar-refractivity contribution >= 4 is 12.1 Å². The lowest BCUT2D eigenvalue weighted by atomic mass is 10.1. The van der Waals surface area contributed by atoms with E-state index in [9.17, 15) is 4.79 Å². The number of para-hydroxylation sites is 1. The van der Waals surface area contributed by atoms with Gasteiger partial charge in [-0.1, -0.05) is 55.5 Å². The monoisotopic (exact) mass is 374 g/mol. The maximum absolute atomic E-state index is 12.0. The highest BCUT2D eigenvalue weighted by atomic mass is 16.5. The predicted octanol–water partition coefficient (Wildman–Crippen LogP) is 4.60. The van der Waals surface area contributed by atoms with Crippen molar-refractivity contribution in [3.63, 3.8) is 0 Å². The third-order valence-electron chi connectivity index (χ3n) is 4.83. The first-order valence-corrected chi connectivity index (χ1v) is 9.39. The zero-order chi connectivity index (χ0) is 19.3. The molecule has 0 unspecified atom stereocenters. The van der Waals surface area contributed by atoms with Gasteiger partial charge in [-0.2, -0.15) is 5.10 Å². The molecule has 1 amide bonds. The summed E-state index contributed by atoms with van der Waals surface area (Å²) < 4.78 is 11.4. The first-order valence-electron chi connectivity index (χ1n) is 9.39. The predicted molar refractivity (Wildman–Crippen MR) is 108 cm³/mol.